The van der Waals surface area contributed by atoms with Crippen LogP contribution < -0.4 is 4.90 Å². The second-order valence-electron chi connectivity index (χ2n) is 4.51. The van der Waals surface area contributed by atoms with Gasteiger partial charge in [0.15, 0.2) is 0 Å². The summed E-state index contributed by atoms with van der Waals surface area (Å²) in [7, 11) is 0. The van der Waals surface area contributed by atoms with Gasteiger partial charge in [-0.2, -0.15) is 0 Å². The van der Waals surface area contributed by atoms with Crippen LogP contribution in [0.3, 0.4) is 0 Å². The average Bonchev–Trinajstić information content (AvgIpc) is 2.66. The fourth-order valence-corrected chi connectivity index (χ4v) is 3.30. The molecule has 1 atom stereocenters. The number of aromatic nitrogens is 1. The maximum absolute atomic E-state index is 5.95. The van der Waals surface area contributed by atoms with Gasteiger partial charge in [0, 0.05) is 17.9 Å². The largest absolute Gasteiger partial charge is 0.322 e. The topological polar surface area (TPSA) is 16.1 Å². The summed E-state index contributed by atoms with van der Waals surface area (Å²) in [4.78, 5) is 6.72. The summed E-state index contributed by atoms with van der Waals surface area (Å²) in [6.45, 7) is 2.21. The van der Waals surface area contributed by atoms with E-state index in [2.05, 4.69) is 57.0 Å². The highest BCUT2D eigenvalue weighted by atomic mass is 79.9. The fraction of sp³-hybridized carbons (Fsp3) is 0.214. The third kappa shape index (κ3) is 1.91. The maximum Gasteiger partial charge on any atom is 0.147 e. The molecule has 0 bridgehead atoms. The molecule has 1 aliphatic rings. The number of fused-ring (bicyclic) bond motifs is 1. The van der Waals surface area contributed by atoms with Crippen LogP contribution in [-0.4, -0.2) is 11.0 Å². The van der Waals surface area contributed by atoms with Gasteiger partial charge in [-0.05, 0) is 47.0 Å². The standard InChI is InChI=1S/C14H12BrClN2/c1-9-6-10-4-2-3-5-13(10)18(9)14-12(15)7-11(16)8-17-14/h2-5,7-9H,6H2,1H3. The average molecular weight is 324 g/mol. The zero-order valence-electron chi connectivity index (χ0n) is 9.90. The molecule has 1 aromatic carbocycles. The van der Waals surface area contributed by atoms with Crippen molar-refractivity contribution in [2.45, 2.75) is 19.4 Å². The van der Waals surface area contributed by atoms with Gasteiger partial charge in [0.05, 0.1) is 9.50 Å². The van der Waals surface area contributed by atoms with Crippen LogP contribution in [0, 0.1) is 0 Å². The van der Waals surface area contributed by atoms with Crippen molar-refractivity contribution in [1.82, 2.24) is 4.98 Å². The van der Waals surface area contributed by atoms with Gasteiger partial charge in [0.25, 0.3) is 0 Å². The number of anilines is 2. The summed E-state index contributed by atoms with van der Waals surface area (Å²) >= 11 is 9.50. The van der Waals surface area contributed by atoms with E-state index in [4.69, 9.17) is 11.6 Å². The van der Waals surface area contributed by atoms with Gasteiger partial charge >= 0.3 is 0 Å². The van der Waals surface area contributed by atoms with Crippen LogP contribution in [0.5, 0.6) is 0 Å². The Morgan fingerprint density at radius 3 is 2.94 bits per heavy atom. The predicted molar refractivity (Wildman–Crippen MR) is 78.7 cm³/mol. The van der Waals surface area contributed by atoms with Gasteiger partial charge in [0.1, 0.15) is 5.82 Å². The molecule has 1 aromatic heterocycles. The van der Waals surface area contributed by atoms with Crippen LogP contribution in [-0.2, 0) is 6.42 Å². The molecule has 0 saturated heterocycles. The summed E-state index contributed by atoms with van der Waals surface area (Å²) in [5.41, 5.74) is 2.61. The molecular formula is C14H12BrClN2. The molecule has 2 nitrogen and oxygen atoms in total. The van der Waals surface area contributed by atoms with Crippen molar-refractivity contribution in [3.05, 3.63) is 51.6 Å². The number of pyridine rings is 1. The monoisotopic (exact) mass is 322 g/mol. The number of nitrogens with zero attached hydrogens (tertiary/aromatic N) is 2. The lowest BCUT2D eigenvalue weighted by atomic mass is 10.1. The second-order valence-corrected chi connectivity index (χ2v) is 5.80. The summed E-state index contributed by atoms with van der Waals surface area (Å²) < 4.78 is 0.929. The minimum Gasteiger partial charge on any atom is -0.322 e. The maximum atomic E-state index is 5.95. The lowest BCUT2D eigenvalue weighted by Crippen LogP contribution is -2.25. The molecule has 0 aliphatic carbocycles. The highest BCUT2D eigenvalue weighted by Gasteiger charge is 2.28. The second kappa shape index (κ2) is 4.56. The molecule has 0 saturated carbocycles. The Kier molecular flexibility index (Phi) is 3.04. The molecule has 0 amide bonds. The minimum atomic E-state index is 0.410. The van der Waals surface area contributed by atoms with Crippen molar-refractivity contribution in [2.24, 2.45) is 0 Å². The van der Waals surface area contributed by atoms with Crippen LogP contribution in [0.1, 0.15) is 12.5 Å². The van der Waals surface area contributed by atoms with E-state index >= 15 is 0 Å². The molecule has 0 N–H and O–H groups in total. The number of hydrogen-bond acceptors (Lipinski definition) is 2. The number of benzene rings is 1. The minimum absolute atomic E-state index is 0.410. The number of halogens is 2. The van der Waals surface area contributed by atoms with E-state index in [0.29, 0.717) is 11.1 Å². The first-order valence-electron chi connectivity index (χ1n) is 5.85. The van der Waals surface area contributed by atoms with Gasteiger partial charge in [-0.25, -0.2) is 4.98 Å². The molecule has 4 heteroatoms. The Morgan fingerprint density at radius 1 is 1.39 bits per heavy atom. The van der Waals surface area contributed by atoms with E-state index in [1.807, 2.05) is 6.07 Å². The van der Waals surface area contributed by atoms with E-state index in [-0.39, 0.29) is 0 Å². The van der Waals surface area contributed by atoms with Crippen molar-refractivity contribution in [2.75, 3.05) is 4.90 Å². The van der Waals surface area contributed by atoms with Crippen LogP contribution in [0.25, 0.3) is 0 Å². The summed E-state index contributed by atoms with van der Waals surface area (Å²) in [5.74, 6) is 0.928. The van der Waals surface area contributed by atoms with E-state index in [9.17, 15) is 0 Å². The van der Waals surface area contributed by atoms with Crippen molar-refractivity contribution in [3.8, 4) is 0 Å². The van der Waals surface area contributed by atoms with Gasteiger partial charge in [0.2, 0.25) is 0 Å². The first-order valence-corrected chi connectivity index (χ1v) is 7.02. The Labute approximate surface area is 120 Å². The van der Waals surface area contributed by atoms with Gasteiger partial charge < -0.3 is 4.90 Å². The van der Waals surface area contributed by atoms with Crippen molar-refractivity contribution in [1.29, 1.82) is 0 Å². The Morgan fingerprint density at radius 2 is 2.17 bits per heavy atom. The van der Waals surface area contributed by atoms with Gasteiger partial charge in [-0.15, -0.1) is 0 Å². The summed E-state index contributed by atoms with van der Waals surface area (Å²) in [5, 5.41) is 0.644. The summed E-state index contributed by atoms with van der Waals surface area (Å²) in [6.07, 6.45) is 2.74. The zero-order valence-corrected chi connectivity index (χ0v) is 12.2. The van der Waals surface area contributed by atoms with Crippen LogP contribution in [0.4, 0.5) is 11.5 Å². The van der Waals surface area contributed by atoms with E-state index in [1.165, 1.54) is 11.3 Å². The van der Waals surface area contributed by atoms with Gasteiger partial charge in [-0.3, -0.25) is 0 Å². The van der Waals surface area contributed by atoms with Crippen LogP contribution >= 0.6 is 27.5 Å². The molecule has 18 heavy (non-hydrogen) atoms. The lowest BCUT2D eigenvalue weighted by molar-refractivity contribution is 0.749. The summed E-state index contributed by atoms with van der Waals surface area (Å²) in [6, 6.07) is 10.8. The smallest absolute Gasteiger partial charge is 0.147 e. The zero-order chi connectivity index (χ0) is 12.7. The fourth-order valence-electron chi connectivity index (χ4n) is 2.47. The quantitative estimate of drug-likeness (QED) is 0.763. The first-order chi connectivity index (χ1) is 8.66. The highest BCUT2D eigenvalue weighted by molar-refractivity contribution is 9.10. The van der Waals surface area contributed by atoms with E-state index < -0.39 is 0 Å². The normalized spacial score (nSPS) is 17.9. The number of hydrogen-bond donors (Lipinski definition) is 0. The molecule has 92 valence electrons. The Hall–Kier alpha value is -1.06. The van der Waals surface area contributed by atoms with Crippen LogP contribution in [0.2, 0.25) is 5.02 Å². The Bertz CT molecular complexity index is 600. The highest BCUT2D eigenvalue weighted by Crippen LogP contribution is 2.40. The Balaban J connectivity index is 2.12. The van der Waals surface area contributed by atoms with Crippen molar-refractivity contribution in [3.63, 3.8) is 0 Å². The lowest BCUT2D eigenvalue weighted by Gasteiger charge is -2.24. The van der Waals surface area contributed by atoms with Gasteiger partial charge in [-0.1, -0.05) is 29.8 Å². The van der Waals surface area contributed by atoms with Crippen molar-refractivity contribution >= 4 is 39.0 Å². The molecule has 0 spiro atoms. The van der Waals surface area contributed by atoms with E-state index in [1.54, 1.807) is 6.20 Å². The molecule has 1 unspecified atom stereocenters. The molecule has 2 aromatic rings. The van der Waals surface area contributed by atoms with Crippen molar-refractivity contribution < 1.29 is 0 Å². The SMILES string of the molecule is CC1Cc2ccccc2N1c1ncc(Cl)cc1Br. The molecule has 2 heterocycles. The third-order valence-corrected chi connectivity index (χ3v) is 4.01. The predicted octanol–water partition coefficient (Wildman–Crippen LogP) is 4.58. The number of para-hydroxylation sites is 1. The number of rotatable bonds is 1. The molecule has 0 fully saturated rings. The molecular weight excluding hydrogens is 312 g/mol. The molecule has 0 radical (unpaired) electrons. The van der Waals surface area contributed by atoms with Crippen LogP contribution in [0.15, 0.2) is 41.0 Å². The molecule has 3 rings (SSSR count). The molecule has 1 aliphatic heterocycles. The first kappa shape index (κ1) is 12.0. The van der Waals surface area contributed by atoms with E-state index in [0.717, 1.165) is 16.7 Å². The third-order valence-electron chi connectivity index (χ3n) is 3.22.